The lowest BCUT2D eigenvalue weighted by Gasteiger charge is -2.28. The van der Waals surface area contributed by atoms with Crippen molar-refractivity contribution >= 4 is 7.60 Å². The van der Waals surface area contributed by atoms with E-state index >= 15 is 0 Å². The van der Waals surface area contributed by atoms with Crippen molar-refractivity contribution in [2.24, 2.45) is 16.7 Å². The van der Waals surface area contributed by atoms with E-state index in [1.165, 1.54) is 0 Å². The highest BCUT2D eigenvalue weighted by atomic mass is 31.2. The van der Waals surface area contributed by atoms with E-state index in [1.54, 1.807) is 20.8 Å². The van der Waals surface area contributed by atoms with E-state index in [9.17, 15) is 9.67 Å². The second-order valence-corrected chi connectivity index (χ2v) is 8.94. The number of aliphatic hydroxyl groups is 1. The number of rotatable bonds is 7. The van der Waals surface area contributed by atoms with Gasteiger partial charge >= 0.3 is 7.60 Å². The molecule has 1 rings (SSSR count). The Kier molecular flexibility index (Phi) is 4.95. The first kappa shape index (κ1) is 17.2. The van der Waals surface area contributed by atoms with Crippen molar-refractivity contribution in [3.8, 4) is 0 Å². The summed E-state index contributed by atoms with van der Waals surface area (Å²) in [6.45, 7) is 14.5. The molecule has 0 amide bonds. The Morgan fingerprint density at radius 1 is 1.11 bits per heavy atom. The zero-order chi connectivity index (χ0) is 15.1. The van der Waals surface area contributed by atoms with Crippen LogP contribution in [0.3, 0.4) is 0 Å². The van der Waals surface area contributed by atoms with Gasteiger partial charge in [-0.1, -0.05) is 27.7 Å². The van der Waals surface area contributed by atoms with E-state index in [0.29, 0.717) is 13.2 Å². The Balaban J connectivity index is 2.88. The van der Waals surface area contributed by atoms with Crippen LogP contribution < -0.4 is 0 Å². The molecular weight excluding hydrogens is 263 g/mol. The number of aliphatic hydroxyl groups excluding tert-OH is 1. The monoisotopic (exact) mass is 292 g/mol. The molecule has 1 aliphatic rings. The highest BCUT2D eigenvalue weighted by molar-refractivity contribution is 7.54. The summed E-state index contributed by atoms with van der Waals surface area (Å²) in [5.41, 5.74) is -0.410. The fraction of sp³-hybridized carbons (Fsp3) is 1.00. The maximum Gasteiger partial charge on any atom is 0.336 e. The number of hydrogen-bond acceptors (Lipinski definition) is 4. The van der Waals surface area contributed by atoms with Gasteiger partial charge in [0, 0.05) is 0 Å². The Labute approximate surface area is 117 Å². The first-order valence-corrected chi connectivity index (χ1v) is 8.74. The van der Waals surface area contributed by atoms with Crippen LogP contribution in [0.4, 0.5) is 0 Å². The molecule has 0 aromatic carbocycles. The van der Waals surface area contributed by atoms with Crippen LogP contribution in [-0.2, 0) is 13.6 Å². The quantitative estimate of drug-likeness (QED) is 0.727. The summed E-state index contributed by atoms with van der Waals surface area (Å²) in [6, 6.07) is 0. The van der Waals surface area contributed by atoms with Crippen LogP contribution in [0.5, 0.6) is 0 Å². The van der Waals surface area contributed by atoms with Crippen molar-refractivity contribution in [2.75, 3.05) is 13.2 Å². The van der Waals surface area contributed by atoms with Crippen molar-refractivity contribution in [1.82, 2.24) is 0 Å². The molecule has 2 atom stereocenters. The molecule has 114 valence electrons. The van der Waals surface area contributed by atoms with Gasteiger partial charge in [-0.15, -0.1) is 0 Å². The first-order chi connectivity index (χ1) is 8.56. The predicted octanol–water partition coefficient (Wildman–Crippen LogP) is 3.68. The largest absolute Gasteiger partial charge is 0.392 e. The zero-order valence-corrected chi connectivity index (χ0v) is 14.2. The Morgan fingerprint density at radius 3 is 1.74 bits per heavy atom. The predicted molar refractivity (Wildman–Crippen MR) is 77.4 cm³/mol. The van der Waals surface area contributed by atoms with Crippen LogP contribution in [0.15, 0.2) is 0 Å². The summed E-state index contributed by atoms with van der Waals surface area (Å²) in [5, 5.41) is 10.6. The molecule has 0 unspecified atom stereocenters. The zero-order valence-electron chi connectivity index (χ0n) is 13.3. The molecule has 19 heavy (non-hydrogen) atoms. The summed E-state index contributed by atoms with van der Waals surface area (Å²) in [4.78, 5) is 0. The maximum atomic E-state index is 12.7. The summed E-state index contributed by atoms with van der Waals surface area (Å²) >= 11 is 0. The summed E-state index contributed by atoms with van der Waals surface area (Å²) in [5.74, 6) is 0.115. The molecule has 1 fully saturated rings. The van der Waals surface area contributed by atoms with E-state index in [4.69, 9.17) is 9.05 Å². The molecule has 0 aromatic heterocycles. The lowest BCUT2D eigenvalue weighted by molar-refractivity contribution is 0.109. The first-order valence-electron chi connectivity index (χ1n) is 7.13. The summed E-state index contributed by atoms with van der Waals surface area (Å²) in [6.07, 6.45) is -0.672. The Morgan fingerprint density at radius 2 is 1.47 bits per heavy atom. The van der Waals surface area contributed by atoms with Gasteiger partial charge in [-0.05, 0) is 37.5 Å². The van der Waals surface area contributed by atoms with Crippen LogP contribution in [0.2, 0.25) is 0 Å². The molecular formula is C14H29O4P. The van der Waals surface area contributed by atoms with Crippen LogP contribution in [0, 0.1) is 16.7 Å². The van der Waals surface area contributed by atoms with Crippen molar-refractivity contribution in [1.29, 1.82) is 0 Å². The minimum Gasteiger partial charge on any atom is -0.392 e. The van der Waals surface area contributed by atoms with Crippen LogP contribution >= 0.6 is 7.60 Å². The topological polar surface area (TPSA) is 55.8 Å². The summed E-state index contributed by atoms with van der Waals surface area (Å²) in [7, 11) is -3.24. The van der Waals surface area contributed by atoms with Crippen LogP contribution in [0.25, 0.3) is 0 Å². The molecule has 0 saturated heterocycles. The molecule has 1 saturated carbocycles. The van der Waals surface area contributed by atoms with E-state index in [1.807, 2.05) is 0 Å². The van der Waals surface area contributed by atoms with Gasteiger partial charge in [-0.2, -0.15) is 0 Å². The highest BCUT2D eigenvalue weighted by Gasteiger charge is 2.68. The molecule has 1 N–H and O–H groups in total. The SMILES string of the molecule is CCOP(=O)(OCC)[C@@H](C)[C@@H](O)C1C(C)(C)C1(C)C. The van der Waals surface area contributed by atoms with Gasteiger partial charge in [0.25, 0.3) is 0 Å². The molecule has 0 aliphatic heterocycles. The third-order valence-corrected chi connectivity index (χ3v) is 7.62. The van der Waals surface area contributed by atoms with E-state index in [2.05, 4.69) is 27.7 Å². The lowest BCUT2D eigenvalue weighted by Crippen LogP contribution is -2.29. The second kappa shape index (κ2) is 5.48. The van der Waals surface area contributed by atoms with E-state index in [-0.39, 0.29) is 16.7 Å². The van der Waals surface area contributed by atoms with Crippen molar-refractivity contribution < 1.29 is 18.7 Å². The Bertz CT molecular complexity index is 340. The fourth-order valence-electron chi connectivity index (χ4n) is 3.20. The molecule has 0 spiro atoms. The van der Waals surface area contributed by atoms with Gasteiger partial charge < -0.3 is 14.2 Å². The highest BCUT2D eigenvalue weighted by Crippen LogP contribution is 2.71. The van der Waals surface area contributed by atoms with Gasteiger partial charge in [0.1, 0.15) is 0 Å². The van der Waals surface area contributed by atoms with Gasteiger partial charge in [-0.25, -0.2) is 0 Å². The molecule has 4 nitrogen and oxygen atoms in total. The normalized spacial score (nSPS) is 25.1. The lowest BCUT2D eigenvalue weighted by atomic mass is 10.0. The fourth-order valence-corrected chi connectivity index (χ4v) is 5.01. The smallest absolute Gasteiger partial charge is 0.336 e. The molecule has 0 heterocycles. The average Bonchev–Trinajstić information content (AvgIpc) is 2.68. The number of hydrogen-bond donors (Lipinski definition) is 1. The average molecular weight is 292 g/mol. The second-order valence-electron chi connectivity index (χ2n) is 6.53. The molecule has 0 bridgehead atoms. The molecule has 0 radical (unpaired) electrons. The van der Waals surface area contributed by atoms with Gasteiger partial charge in [-0.3, -0.25) is 4.57 Å². The van der Waals surface area contributed by atoms with Crippen molar-refractivity contribution in [3.05, 3.63) is 0 Å². The summed E-state index contributed by atoms with van der Waals surface area (Å²) < 4.78 is 23.4. The van der Waals surface area contributed by atoms with Gasteiger partial charge in [0.15, 0.2) is 0 Å². The van der Waals surface area contributed by atoms with Gasteiger partial charge in [0.2, 0.25) is 0 Å². The third kappa shape index (κ3) is 2.78. The van der Waals surface area contributed by atoms with E-state index in [0.717, 1.165) is 0 Å². The minimum absolute atomic E-state index is 0.0456. The van der Waals surface area contributed by atoms with Gasteiger partial charge in [0.05, 0.1) is 25.0 Å². The van der Waals surface area contributed by atoms with Crippen molar-refractivity contribution in [3.63, 3.8) is 0 Å². The van der Waals surface area contributed by atoms with Crippen molar-refractivity contribution in [2.45, 2.75) is 60.2 Å². The van der Waals surface area contributed by atoms with Crippen LogP contribution in [-0.4, -0.2) is 30.1 Å². The molecule has 5 heteroatoms. The van der Waals surface area contributed by atoms with Crippen LogP contribution in [0.1, 0.15) is 48.5 Å². The van der Waals surface area contributed by atoms with E-state index < -0.39 is 19.4 Å². The standard InChI is InChI=1S/C14H29O4P/c1-8-17-19(16,18-9-2)10(3)11(15)12-13(4,5)14(12,6)7/h10-12,15H,8-9H2,1-7H3/t10-,11+/m0/s1. The minimum atomic E-state index is -3.24. The molecule has 1 aliphatic carbocycles. The third-order valence-electron chi connectivity index (χ3n) is 5.09. The Hall–Kier alpha value is 0.110. The molecule has 0 aromatic rings. The maximum absolute atomic E-state index is 12.7.